The Kier molecular flexibility index (Phi) is 7.69. The van der Waals surface area contributed by atoms with Crippen LogP contribution in [-0.2, 0) is 10.5 Å². The third kappa shape index (κ3) is 6.30. The van der Waals surface area contributed by atoms with Gasteiger partial charge < -0.3 is 9.84 Å². The fourth-order valence-electron chi connectivity index (χ4n) is 2.26. The van der Waals surface area contributed by atoms with E-state index in [0.29, 0.717) is 27.8 Å². The van der Waals surface area contributed by atoms with Gasteiger partial charge in [-0.3, -0.25) is 9.59 Å². The molecule has 2 aromatic rings. The zero-order chi connectivity index (χ0) is 19.8. The molecule has 0 radical (unpaired) electrons. The Labute approximate surface area is 166 Å². The van der Waals surface area contributed by atoms with Crippen LogP contribution >= 0.6 is 23.4 Å². The van der Waals surface area contributed by atoms with E-state index in [4.69, 9.17) is 21.4 Å². The van der Waals surface area contributed by atoms with Crippen molar-refractivity contribution >= 4 is 41.0 Å². The van der Waals surface area contributed by atoms with E-state index in [1.807, 2.05) is 12.1 Å². The van der Waals surface area contributed by atoms with Gasteiger partial charge in [0.2, 0.25) is 0 Å². The molecule has 6 nitrogen and oxygen atoms in total. The summed E-state index contributed by atoms with van der Waals surface area (Å²) in [5, 5.41) is 13.4. The lowest BCUT2D eigenvalue weighted by molar-refractivity contribution is -0.133. The average molecular weight is 407 g/mol. The molecule has 0 aromatic heterocycles. The number of hydrogen-bond donors (Lipinski definition) is 2. The van der Waals surface area contributed by atoms with Crippen LogP contribution < -0.4 is 10.2 Å². The number of ether oxygens (including phenoxy) is 1. The minimum Gasteiger partial charge on any atom is -0.496 e. The van der Waals surface area contributed by atoms with Gasteiger partial charge in [0.15, 0.2) is 0 Å². The maximum absolute atomic E-state index is 12.1. The number of carbonyl (C=O) groups is 2. The van der Waals surface area contributed by atoms with Crippen molar-refractivity contribution in [1.82, 2.24) is 5.43 Å². The van der Waals surface area contributed by atoms with Crippen LogP contribution in [0.4, 0.5) is 0 Å². The third-order valence-corrected chi connectivity index (χ3v) is 4.79. The van der Waals surface area contributed by atoms with Crippen LogP contribution in [0.3, 0.4) is 0 Å². The lowest BCUT2D eigenvalue weighted by Gasteiger charge is -2.10. The lowest BCUT2D eigenvalue weighted by Crippen LogP contribution is -2.19. The molecule has 0 saturated carbocycles. The highest BCUT2D eigenvalue weighted by molar-refractivity contribution is 7.99. The SMILES string of the molecule is COc1ccc(/C(C)=N\NC(=O)c2cccc(Cl)c2)cc1CSCC(=O)O. The van der Waals surface area contributed by atoms with Crippen molar-refractivity contribution in [2.45, 2.75) is 12.7 Å². The zero-order valence-corrected chi connectivity index (χ0v) is 16.4. The highest BCUT2D eigenvalue weighted by atomic mass is 35.5. The number of rotatable bonds is 8. The van der Waals surface area contributed by atoms with Gasteiger partial charge in [0.05, 0.1) is 18.6 Å². The summed E-state index contributed by atoms with van der Waals surface area (Å²) in [7, 11) is 1.56. The number of aliphatic carboxylic acids is 1. The fraction of sp³-hybridized carbons (Fsp3) is 0.211. The summed E-state index contributed by atoms with van der Waals surface area (Å²) in [5.74, 6) is -0.0479. The van der Waals surface area contributed by atoms with Crippen LogP contribution in [0, 0.1) is 0 Å². The largest absolute Gasteiger partial charge is 0.496 e. The molecule has 0 aliphatic rings. The van der Waals surface area contributed by atoms with Crippen molar-refractivity contribution in [1.29, 1.82) is 0 Å². The Morgan fingerprint density at radius 3 is 2.67 bits per heavy atom. The number of amides is 1. The maximum Gasteiger partial charge on any atom is 0.313 e. The number of hydrogen-bond acceptors (Lipinski definition) is 5. The van der Waals surface area contributed by atoms with Gasteiger partial charge in [0, 0.05) is 21.9 Å². The van der Waals surface area contributed by atoms with Crippen LogP contribution in [0.25, 0.3) is 0 Å². The number of nitrogens with one attached hydrogen (secondary N) is 1. The molecule has 0 unspecified atom stereocenters. The van der Waals surface area contributed by atoms with Gasteiger partial charge in [-0.25, -0.2) is 5.43 Å². The summed E-state index contributed by atoms with van der Waals surface area (Å²) in [6, 6.07) is 12.1. The first-order valence-electron chi connectivity index (χ1n) is 7.97. The van der Waals surface area contributed by atoms with E-state index in [0.717, 1.165) is 11.1 Å². The summed E-state index contributed by atoms with van der Waals surface area (Å²) in [5.41, 5.74) is 5.19. The van der Waals surface area contributed by atoms with Gasteiger partial charge in [0.25, 0.3) is 5.91 Å². The second kappa shape index (κ2) is 9.99. The Morgan fingerprint density at radius 1 is 1.22 bits per heavy atom. The minimum atomic E-state index is -0.864. The number of halogens is 1. The van der Waals surface area contributed by atoms with E-state index < -0.39 is 5.97 Å². The van der Waals surface area contributed by atoms with Crippen LogP contribution in [0.15, 0.2) is 47.6 Å². The van der Waals surface area contributed by atoms with E-state index in [1.54, 1.807) is 44.4 Å². The Morgan fingerprint density at radius 2 is 2.00 bits per heavy atom. The molecule has 27 heavy (non-hydrogen) atoms. The monoisotopic (exact) mass is 406 g/mol. The topological polar surface area (TPSA) is 88.0 Å². The lowest BCUT2D eigenvalue weighted by atomic mass is 10.1. The van der Waals surface area contributed by atoms with E-state index in [2.05, 4.69) is 10.5 Å². The molecule has 0 atom stereocenters. The predicted molar refractivity (Wildman–Crippen MR) is 108 cm³/mol. The second-order valence-electron chi connectivity index (χ2n) is 5.56. The van der Waals surface area contributed by atoms with Gasteiger partial charge >= 0.3 is 5.97 Å². The van der Waals surface area contributed by atoms with E-state index in [1.165, 1.54) is 11.8 Å². The minimum absolute atomic E-state index is 0.0101. The Balaban J connectivity index is 2.12. The highest BCUT2D eigenvalue weighted by Crippen LogP contribution is 2.25. The average Bonchev–Trinajstić information content (AvgIpc) is 2.65. The van der Waals surface area contributed by atoms with E-state index in [9.17, 15) is 9.59 Å². The number of hydrazone groups is 1. The first kappa shape index (κ1) is 20.8. The number of thioether (sulfide) groups is 1. The maximum atomic E-state index is 12.1. The van der Waals surface area contributed by atoms with Gasteiger partial charge in [-0.05, 0) is 48.9 Å². The Hall–Kier alpha value is -2.51. The van der Waals surface area contributed by atoms with Gasteiger partial charge in [-0.1, -0.05) is 17.7 Å². The number of carbonyl (C=O) groups excluding carboxylic acids is 1. The third-order valence-electron chi connectivity index (χ3n) is 3.59. The number of methoxy groups -OCH3 is 1. The van der Waals surface area contributed by atoms with E-state index in [-0.39, 0.29) is 11.7 Å². The van der Waals surface area contributed by atoms with Gasteiger partial charge in [0.1, 0.15) is 5.75 Å². The van der Waals surface area contributed by atoms with Crippen molar-refractivity contribution < 1.29 is 19.4 Å². The Bertz CT molecular complexity index is 871. The second-order valence-corrected chi connectivity index (χ2v) is 6.98. The number of carboxylic acid groups (broad SMARTS) is 1. The van der Waals surface area contributed by atoms with Crippen molar-refractivity contribution in [3.63, 3.8) is 0 Å². The summed E-state index contributed by atoms with van der Waals surface area (Å²) in [6.07, 6.45) is 0. The summed E-state index contributed by atoms with van der Waals surface area (Å²) >= 11 is 7.17. The van der Waals surface area contributed by atoms with Crippen LogP contribution in [0.5, 0.6) is 5.75 Å². The normalized spacial score (nSPS) is 11.1. The molecule has 0 heterocycles. The molecule has 0 aliphatic heterocycles. The summed E-state index contributed by atoms with van der Waals surface area (Å²) in [4.78, 5) is 22.8. The van der Waals surface area contributed by atoms with Gasteiger partial charge in [-0.2, -0.15) is 5.10 Å². The van der Waals surface area contributed by atoms with Gasteiger partial charge in [-0.15, -0.1) is 11.8 Å². The molecule has 0 fully saturated rings. The first-order chi connectivity index (χ1) is 12.9. The van der Waals surface area contributed by atoms with Crippen molar-refractivity contribution in [2.24, 2.45) is 5.10 Å². The molecule has 0 bridgehead atoms. The molecule has 0 saturated heterocycles. The molecule has 0 aliphatic carbocycles. The molecule has 8 heteroatoms. The summed E-state index contributed by atoms with van der Waals surface area (Å²) in [6.45, 7) is 1.77. The molecule has 142 valence electrons. The van der Waals surface area contributed by atoms with Crippen LogP contribution in [0.2, 0.25) is 5.02 Å². The molecule has 2 N–H and O–H groups in total. The molecule has 1 amide bonds. The molecule has 2 aromatic carbocycles. The van der Waals surface area contributed by atoms with Crippen molar-refractivity contribution in [2.75, 3.05) is 12.9 Å². The molecular weight excluding hydrogens is 388 g/mol. The molecule has 2 rings (SSSR count). The predicted octanol–water partition coefficient (Wildman–Crippen LogP) is 3.82. The van der Waals surface area contributed by atoms with Crippen LogP contribution in [0.1, 0.15) is 28.4 Å². The smallest absolute Gasteiger partial charge is 0.313 e. The standard InChI is InChI=1S/C19H19ClN2O4S/c1-12(21-22-19(25)14-4-3-5-16(20)9-14)13-6-7-17(26-2)15(8-13)10-27-11-18(23)24/h3-9H,10-11H2,1-2H3,(H,22,25)(H,23,24)/b21-12-. The molecular formula is C19H19ClN2O4S. The number of carboxylic acids is 1. The van der Waals surface area contributed by atoms with Crippen molar-refractivity contribution in [3.05, 3.63) is 64.2 Å². The number of nitrogens with zero attached hydrogens (tertiary/aromatic N) is 1. The fourth-order valence-corrected chi connectivity index (χ4v) is 3.17. The number of benzene rings is 2. The quantitative estimate of drug-likeness (QED) is 0.514. The van der Waals surface area contributed by atoms with E-state index >= 15 is 0 Å². The van der Waals surface area contributed by atoms with Crippen LogP contribution in [-0.4, -0.2) is 35.6 Å². The highest BCUT2D eigenvalue weighted by Gasteiger charge is 2.09. The molecule has 0 spiro atoms. The first-order valence-corrected chi connectivity index (χ1v) is 9.51. The zero-order valence-electron chi connectivity index (χ0n) is 14.9. The van der Waals surface area contributed by atoms with Crippen molar-refractivity contribution in [3.8, 4) is 5.75 Å². The summed E-state index contributed by atoms with van der Waals surface area (Å²) < 4.78 is 5.32.